The van der Waals surface area contributed by atoms with Crippen molar-refractivity contribution in [2.75, 3.05) is 19.1 Å². The van der Waals surface area contributed by atoms with Crippen LogP contribution in [0.3, 0.4) is 0 Å². The average molecular weight is 341 g/mol. The number of benzene rings is 1. The largest absolute Gasteiger partial charge is 0.493 e. The van der Waals surface area contributed by atoms with Gasteiger partial charge in [-0.2, -0.15) is 0 Å². The Balaban J connectivity index is 2.21. The second-order valence-corrected chi connectivity index (χ2v) is 5.89. The lowest BCUT2D eigenvalue weighted by atomic mass is 10.1. The Hall–Kier alpha value is -1.85. The van der Waals surface area contributed by atoms with Gasteiger partial charge in [0.15, 0.2) is 16.3 Å². The van der Waals surface area contributed by atoms with Crippen molar-refractivity contribution < 1.29 is 14.3 Å². The maximum Gasteiger partial charge on any atom is 0.260 e. The van der Waals surface area contributed by atoms with Crippen LogP contribution in [0.25, 0.3) is 5.69 Å². The number of hydrogen-bond acceptors (Lipinski definition) is 3. The molecule has 0 saturated carbocycles. The molecule has 0 radical (unpaired) electrons. The molecule has 0 aliphatic carbocycles. The molecule has 1 aliphatic heterocycles. The highest BCUT2D eigenvalue weighted by atomic mass is 35.5. The molecule has 7 heteroatoms. The number of carbonyl (C=O) groups excluding carboxylic acids is 1. The van der Waals surface area contributed by atoms with E-state index in [-0.39, 0.29) is 5.91 Å². The molecule has 1 aromatic heterocycles. The Morgan fingerprint density at radius 1 is 1.18 bits per heavy atom. The Kier molecular flexibility index (Phi) is 3.93. The van der Waals surface area contributed by atoms with Crippen molar-refractivity contribution >= 4 is 34.8 Å². The lowest BCUT2D eigenvalue weighted by Crippen LogP contribution is -2.38. The number of aromatic nitrogens is 1. The summed E-state index contributed by atoms with van der Waals surface area (Å²) < 4.78 is 12.7. The molecule has 3 rings (SSSR count). The van der Waals surface area contributed by atoms with E-state index < -0.39 is 4.84 Å². The normalized spacial score (nSPS) is 12.9. The molecule has 22 heavy (non-hydrogen) atoms. The van der Waals surface area contributed by atoms with Gasteiger partial charge in [0.25, 0.3) is 5.91 Å². The smallest absolute Gasteiger partial charge is 0.260 e. The number of methoxy groups -OCH3 is 2. The third-order valence-corrected chi connectivity index (χ3v) is 4.01. The third kappa shape index (κ3) is 2.30. The molecule has 0 bridgehead atoms. The zero-order valence-corrected chi connectivity index (χ0v) is 13.6. The second kappa shape index (κ2) is 5.74. The van der Waals surface area contributed by atoms with E-state index in [2.05, 4.69) is 0 Å². The fraction of sp³-hybridized carbons (Fsp3) is 0.267. The van der Waals surface area contributed by atoms with E-state index in [4.69, 9.17) is 32.7 Å². The highest BCUT2D eigenvalue weighted by Crippen LogP contribution is 2.41. The number of alkyl halides is 2. The molecule has 2 heterocycles. The summed E-state index contributed by atoms with van der Waals surface area (Å²) in [7, 11) is 3.12. The molecule has 0 saturated heterocycles. The van der Waals surface area contributed by atoms with Crippen molar-refractivity contribution in [3.05, 3.63) is 36.2 Å². The number of hydrogen-bond donors (Lipinski definition) is 0. The quantitative estimate of drug-likeness (QED) is 0.806. The van der Waals surface area contributed by atoms with E-state index in [1.165, 1.54) is 0 Å². The summed E-state index contributed by atoms with van der Waals surface area (Å²) in [4.78, 5) is 12.8. The zero-order valence-electron chi connectivity index (χ0n) is 12.0. The first kappa shape index (κ1) is 15.1. The van der Waals surface area contributed by atoms with Crippen LogP contribution in [-0.2, 0) is 11.3 Å². The van der Waals surface area contributed by atoms with Crippen LogP contribution in [-0.4, -0.2) is 29.5 Å². The van der Waals surface area contributed by atoms with Crippen LogP contribution in [0.1, 0.15) is 5.69 Å². The van der Waals surface area contributed by atoms with Gasteiger partial charge in [0.05, 0.1) is 32.1 Å². The van der Waals surface area contributed by atoms with Crippen LogP contribution in [0.4, 0.5) is 5.69 Å². The summed E-state index contributed by atoms with van der Waals surface area (Å²) >= 11 is 11.5. The fourth-order valence-electron chi connectivity index (χ4n) is 2.61. The van der Waals surface area contributed by atoms with E-state index in [0.717, 1.165) is 11.4 Å². The standard InChI is InChI=1S/C15H14Cl2N2O3/c1-21-12-6-10-11(7-13(12)22-2)19(15(20)14(16)17)8-9-4-3-5-18(9)10/h3-7,14H,8H2,1-2H3. The summed E-state index contributed by atoms with van der Waals surface area (Å²) in [6.07, 6.45) is 1.93. The minimum absolute atomic E-state index is 0.371. The summed E-state index contributed by atoms with van der Waals surface area (Å²) in [5.74, 6) is 0.753. The third-order valence-electron chi connectivity index (χ3n) is 3.64. The predicted octanol–water partition coefficient (Wildman–Crippen LogP) is 3.14. The van der Waals surface area contributed by atoms with Gasteiger partial charge in [-0.3, -0.25) is 4.79 Å². The molecule has 1 aromatic carbocycles. The number of fused-ring (bicyclic) bond motifs is 3. The average Bonchev–Trinajstić information content (AvgIpc) is 3.00. The second-order valence-electron chi connectivity index (χ2n) is 4.79. The molecule has 1 aliphatic rings. The molecule has 0 fully saturated rings. The van der Waals surface area contributed by atoms with Gasteiger partial charge in [0.2, 0.25) is 0 Å². The Morgan fingerprint density at radius 2 is 1.82 bits per heavy atom. The van der Waals surface area contributed by atoms with E-state index in [1.807, 2.05) is 29.0 Å². The Labute approximate surface area is 137 Å². The van der Waals surface area contributed by atoms with Crippen molar-refractivity contribution in [3.63, 3.8) is 0 Å². The highest BCUT2D eigenvalue weighted by Gasteiger charge is 2.30. The minimum Gasteiger partial charge on any atom is -0.493 e. The van der Waals surface area contributed by atoms with Crippen molar-refractivity contribution in [2.24, 2.45) is 0 Å². The Morgan fingerprint density at radius 3 is 2.41 bits per heavy atom. The zero-order chi connectivity index (χ0) is 15.9. The molecule has 0 unspecified atom stereocenters. The van der Waals surface area contributed by atoms with E-state index >= 15 is 0 Å². The van der Waals surface area contributed by atoms with Crippen LogP contribution in [0.15, 0.2) is 30.5 Å². The van der Waals surface area contributed by atoms with Gasteiger partial charge in [-0.25, -0.2) is 0 Å². The molecule has 0 N–H and O–H groups in total. The SMILES string of the molecule is COc1cc2c(cc1OC)-n1cccc1CN2C(=O)C(Cl)Cl. The van der Waals surface area contributed by atoms with Crippen LogP contribution in [0.2, 0.25) is 0 Å². The van der Waals surface area contributed by atoms with Gasteiger partial charge < -0.3 is 18.9 Å². The summed E-state index contributed by atoms with van der Waals surface area (Å²) in [5.41, 5.74) is 2.45. The van der Waals surface area contributed by atoms with Gasteiger partial charge >= 0.3 is 0 Å². The number of ether oxygens (including phenoxy) is 2. The van der Waals surface area contributed by atoms with Crippen LogP contribution < -0.4 is 14.4 Å². The predicted molar refractivity (Wildman–Crippen MR) is 85.6 cm³/mol. The first-order chi connectivity index (χ1) is 10.6. The minimum atomic E-state index is -1.12. The van der Waals surface area contributed by atoms with Crippen molar-refractivity contribution in [2.45, 2.75) is 11.4 Å². The van der Waals surface area contributed by atoms with Gasteiger partial charge in [0.1, 0.15) is 0 Å². The summed E-state index contributed by atoms with van der Waals surface area (Å²) in [5, 5.41) is 0. The van der Waals surface area contributed by atoms with Crippen molar-refractivity contribution in [1.82, 2.24) is 4.57 Å². The molecule has 116 valence electrons. The molecule has 0 spiro atoms. The van der Waals surface area contributed by atoms with E-state index in [9.17, 15) is 4.79 Å². The lowest BCUT2D eigenvalue weighted by molar-refractivity contribution is -0.117. The molecule has 2 aromatic rings. The monoisotopic (exact) mass is 340 g/mol. The first-order valence-corrected chi connectivity index (χ1v) is 7.46. The molecule has 0 atom stereocenters. The van der Waals surface area contributed by atoms with Gasteiger partial charge in [-0.15, -0.1) is 0 Å². The summed E-state index contributed by atoms with van der Waals surface area (Å²) in [6, 6.07) is 7.44. The molecular formula is C15H14Cl2N2O3. The Bertz CT molecular complexity index is 728. The van der Waals surface area contributed by atoms with Crippen LogP contribution >= 0.6 is 23.2 Å². The van der Waals surface area contributed by atoms with Gasteiger partial charge in [-0.1, -0.05) is 23.2 Å². The first-order valence-electron chi connectivity index (χ1n) is 6.59. The van der Waals surface area contributed by atoms with Crippen LogP contribution in [0.5, 0.6) is 11.5 Å². The number of halogens is 2. The van der Waals surface area contributed by atoms with Crippen molar-refractivity contribution in [3.8, 4) is 17.2 Å². The number of carbonyl (C=O) groups is 1. The molecule has 5 nitrogen and oxygen atoms in total. The molecule has 1 amide bonds. The van der Waals surface area contributed by atoms with Crippen molar-refractivity contribution in [1.29, 1.82) is 0 Å². The number of nitrogens with zero attached hydrogens (tertiary/aromatic N) is 2. The van der Waals surface area contributed by atoms with Gasteiger partial charge in [-0.05, 0) is 12.1 Å². The van der Waals surface area contributed by atoms with Gasteiger partial charge in [0, 0.05) is 24.0 Å². The maximum atomic E-state index is 12.3. The summed E-state index contributed by atoms with van der Waals surface area (Å²) in [6.45, 7) is 0.393. The number of amides is 1. The van der Waals surface area contributed by atoms with Crippen LogP contribution in [0, 0.1) is 0 Å². The highest BCUT2D eigenvalue weighted by molar-refractivity contribution is 6.54. The fourth-order valence-corrected chi connectivity index (χ4v) is 2.84. The van der Waals surface area contributed by atoms with E-state index in [1.54, 1.807) is 25.2 Å². The van der Waals surface area contributed by atoms with E-state index in [0.29, 0.717) is 23.7 Å². The topological polar surface area (TPSA) is 43.7 Å². The number of anilines is 1. The maximum absolute atomic E-state index is 12.3. The molecular weight excluding hydrogens is 327 g/mol. The lowest BCUT2D eigenvalue weighted by Gasteiger charge is -2.32. The number of rotatable bonds is 3.